The molecule has 0 saturated carbocycles. The number of carbonyl (C=O) groups excluding carboxylic acids is 1. The van der Waals surface area contributed by atoms with Gasteiger partial charge in [0.15, 0.2) is 5.78 Å². The third-order valence-corrected chi connectivity index (χ3v) is 4.33. The van der Waals surface area contributed by atoms with Crippen LogP contribution in [0.1, 0.15) is 17.3 Å². The monoisotopic (exact) mass is 350 g/mol. The molecule has 2 aromatic rings. The Morgan fingerprint density at radius 1 is 1.00 bits per heavy atom. The highest BCUT2D eigenvalue weighted by Gasteiger charge is 2.19. The average molecular weight is 352 g/mol. The van der Waals surface area contributed by atoms with Crippen molar-refractivity contribution in [1.82, 2.24) is 0 Å². The lowest BCUT2D eigenvalue weighted by atomic mass is 10.0. The molecule has 0 radical (unpaired) electrons. The van der Waals surface area contributed by atoms with Crippen molar-refractivity contribution in [2.75, 3.05) is 0 Å². The smallest absolute Gasteiger partial charge is 0.159 e. The molecule has 0 atom stereocenters. The largest absolute Gasteiger partial charge is 0.295 e. The molecule has 2 aromatic carbocycles. The third kappa shape index (κ3) is 2.79. The first-order chi connectivity index (χ1) is 9.32. The maximum Gasteiger partial charge on any atom is 0.159 e. The minimum absolute atomic E-state index is 0.0806. The molecule has 0 heterocycles. The summed E-state index contributed by atoms with van der Waals surface area (Å²) in [5, 5.41) is 0.480. The number of benzene rings is 2. The molecule has 0 amide bonds. The molecule has 0 aliphatic rings. The highest BCUT2D eigenvalue weighted by Crippen LogP contribution is 2.44. The predicted molar refractivity (Wildman–Crippen MR) is 81.9 cm³/mol. The van der Waals surface area contributed by atoms with Crippen LogP contribution in [0.15, 0.2) is 24.3 Å². The molecule has 0 fully saturated rings. The van der Waals surface area contributed by atoms with Gasteiger partial charge in [0.2, 0.25) is 0 Å². The number of hydrogen-bond acceptors (Lipinski definition) is 1. The van der Waals surface area contributed by atoms with Crippen molar-refractivity contribution in [2.45, 2.75) is 6.92 Å². The maximum atomic E-state index is 14.0. The molecule has 0 saturated heterocycles. The molecule has 0 aliphatic carbocycles. The van der Waals surface area contributed by atoms with Crippen LogP contribution in [0.25, 0.3) is 11.1 Å². The zero-order valence-electron chi connectivity index (χ0n) is 10.1. The van der Waals surface area contributed by atoms with Gasteiger partial charge in [-0.05, 0) is 31.2 Å². The van der Waals surface area contributed by atoms with Crippen molar-refractivity contribution in [3.63, 3.8) is 0 Å². The summed E-state index contributed by atoms with van der Waals surface area (Å²) in [6, 6.07) is 5.31. The van der Waals surface area contributed by atoms with Crippen molar-refractivity contribution in [2.24, 2.45) is 0 Å². The lowest BCUT2D eigenvalue weighted by Crippen LogP contribution is -1.96. The van der Waals surface area contributed by atoms with E-state index in [1.54, 1.807) is 0 Å². The number of hydrogen-bond donors (Lipinski definition) is 0. The minimum Gasteiger partial charge on any atom is -0.295 e. The molecule has 1 nitrogen and oxygen atoms in total. The molecule has 104 valence electrons. The van der Waals surface area contributed by atoms with Crippen LogP contribution >= 0.6 is 46.4 Å². The van der Waals surface area contributed by atoms with Crippen molar-refractivity contribution in [3.05, 3.63) is 55.7 Å². The van der Waals surface area contributed by atoms with Crippen molar-refractivity contribution in [1.29, 1.82) is 0 Å². The Bertz CT molecular complexity index is 687. The molecule has 6 heteroatoms. The van der Waals surface area contributed by atoms with Crippen LogP contribution in [0.5, 0.6) is 0 Å². The van der Waals surface area contributed by atoms with E-state index in [0.717, 1.165) is 0 Å². The minimum atomic E-state index is -0.572. The molecule has 0 aromatic heterocycles. The van der Waals surface area contributed by atoms with E-state index in [4.69, 9.17) is 46.4 Å². The molecular weight excluding hydrogens is 345 g/mol. The Morgan fingerprint density at radius 3 is 2.05 bits per heavy atom. The third-order valence-electron chi connectivity index (χ3n) is 2.75. The standard InChI is InChI=1S/C14H7Cl4FO/c1-6(20)7-2-3-11(19)8(4-7)12-13(17)9(15)5-10(16)14(12)18/h2-5H,1H3. The van der Waals surface area contributed by atoms with E-state index in [9.17, 15) is 9.18 Å². The summed E-state index contributed by atoms with van der Waals surface area (Å²) >= 11 is 24.0. The zero-order chi connectivity index (χ0) is 15.0. The summed E-state index contributed by atoms with van der Waals surface area (Å²) < 4.78 is 14.0. The second-order valence-corrected chi connectivity index (χ2v) is 5.66. The summed E-state index contributed by atoms with van der Waals surface area (Å²) in [6.07, 6.45) is 0. The van der Waals surface area contributed by atoms with Crippen LogP contribution in [-0.4, -0.2) is 5.78 Å². The van der Waals surface area contributed by atoms with E-state index in [1.807, 2.05) is 0 Å². The van der Waals surface area contributed by atoms with Gasteiger partial charge < -0.3 is 0 Å². The first-order valence-electron chi connectivity index (χ1n) is 5.46. The van der Waals surface area contributed by atoms with E-state index in [1.165, 1.54) is 31.2 Å². The topological polar surface area (TPSA) is 17.1 Å². The SMILES string of the molecule is CC(=O)c1ccc(F)c(-c2c(Cl)c(Cl)cc(Cl)c2Cl)c1. The number of halogens is 5. The highest BCUT2D eigenvalue weighted by atomic mass is 35.5. The zero-order valence-corrected chi connectivity index (χ0v) is 13.1. The summed E-state index contributed by atoms with van der Waals surface area (Å²) in [6.45, 7) is 1.38. The molecule has 0 spiro atoms. The second-order valence-electron chi connectivity index (χ2n) is 4.09. The van der Waals surface area contributed by atoms with Crippen LogP contribution in [0.4, 0.5) is 4.39 Å². The number of carbonyl (C=O) groups is 1. The van der Waals surface area contributed by atoms with Crippen LogP contribution in [0, 0.1) is 5.82 Å². The molecule has 0 aliphatic heterocycles. The normalized spacial score (nSPS) is 10.7. The average Bonchev–Trinajstić information content (AvgIpc) is 2.38. The van der Waals surface area contributed by atoms with Gasteiger partial charge in [0.1, 0.15) is 5.82 Å². The Labute approximate surface area is 135 Å². The van der Waals surface area contributed by atoms with Crippen LogP contribution < -0.4 is 0 Å². The molecule has 0 bridgehead atoms. The first-order valence-corrected chi connectivity index (χ1v) is 6.98. The fraction of sp³-hybridized carbons (Fsp3) is 0.0714. The number of rotatable bonds is 2. The molecule has 20 heavy (non-hydrogen) atoms. The lowest BCUT2D eigenvalue weighted by molar-refractivity contribution is 0.101. The second kappa shape index (κ2) is 5.90. The first kappa shape index (κ1) is 15.6. The molecular formula is C14H7Cl4FO. The Balaban J connectivity index is 2.81. The molecule has 2 rings (SSSR count). The van der Waals surface area contributed by atoms with Crippen molar-refractivity contribution < 1.29 is 9.18 Å². The van der Waals surface area contributed by atoms with E-state index in [-0.39, 0.29) is 37.0 Å². The van der Waals surface area contributed by atoms with E-state index < -0.39 is 5.82 Å². The molecule has 0 N–H and O–H groups in total. The Kier molecular flexibility index (Phi) is 4.60. The summed E-state index contributed by atoms with van der Waals surface area (Å²) in [7, 11) is 0. The Morgan fingerprint density at radius 2 is 1.55 bits per heavy atom. The Hall–Kier alpha value is -0.800. The van der Waals surface area contributed by atoms with Crippen molar-refractivity contribution in [3.8, 4) is 11.1 Å². The van der Waals surface area contributed by atoms with Crippen LogP contribution in [-0.2, 0) is 0 Å². The fourth-order valence-corrected chi connectivity index (χ4v) is 2.76. The van der Waals surface area contributed by atoms with E-state index >= 15 is 0 Å². The summed E-state index contributed by atoms with van der Waals surface area (Å²) in [5.74, 6) is -0.774. The van der Waals surface area contributed by atoms with Crippen LogP contribution in [0.2, 0.25) is 20.1 Å². The van der Waals surface area contributed by atoms with Gasteiger partial charge in [-0.3, -0.25) is 4.79 Å². The van der Waals surface area contributed by atoms with Crippen molar-refractivity contribution >= 4 is 52.2 Å². The van der Waals surface area contributed by atoms with E-state index in [0.29, 0.717) is 5.56 Å². The van der Waals surface area contributed by atoms with Gasteiger partial charge in [-0.2, -0.15) is 0 Å². The van der Waals surface area contributed by atoms with E-state index in [2.05, 4.69) is 0 Å². The van der Waals surface area contributed by atoms with Gasteiger partial charge in [0.05, 0.1) is 20.1 Å². The highest BCUT2D eigenvalue weighted by molar-refractivity contribution is 6.50. The summed E-state index contributed by atoms with van der Waals surface area (Å²) in [5.41, 5.74) is 0.591. The number of Topliss-reactive ketones (excluding diaryl/α,β-unsaturated/α-hetero) is 1. The van der Waals surface area contributed by atoms with Gasteiger partial charge in [-0.15, -0.1) is 0 Å². The number of ketones is 1. The predicted octanol–water partition coefficient (Wildman–Crippen LogP) is 6.31. The van der Waals surface area contributed by atoms with Crippen LogP contribution in [0.3, 0.4) is 0 Å². The lowest BCUT2D eigenvalue weighted by Gasteiger charge is -2.12. The van der Waals surface area contributed by atoms with Gasteiger partial charge in [-0.1, -0.05) is 46.4 Å². The van der Waals surface area contributed by atoms with Gasteiger partial charge >= 0.3 is 0 Å². The van der Waals surface area contributed by atoms with Gasteiger partial charge in [0, 0.05) is 16.7 Å². The maximum absolute atomic E-state index is 14.0. The molecule has 0 unspecified atom stereocenters. The van der Waals surface area contributed by atoms with Gasteiger partial charge in [-0.25, -0.2) is 4.39 Å². The summed E-state index contributed by atoms with van der Waals surface area (Å²) in [4.78, 5) is 11.4. The fourth-order valence-electron chi connectivity index (χ4n) is 1.75. The van der Waals surface area contributed by atoms with Gasteiger partial charge in [0.25, 0.3) is 0 Å². The quantitative estimate of drug-likeness (QED) is 0.457.